The largest absolute Gasteiger partial charge is 0.0807 e. The molecule has 0 heterocycles. The molecule has 0 radical (unpaired) electrons. The van der Waals surface area contributed by atoms with Crippen LogP contribution in [0.1, 0.15) is 101 Å². The highest BCUT2D eigenvalue weighted by Gasteiger charge is 2.04. The van der Waals surface area contributed by atoms with Crippen LogP contribution in [-0.2, 0) is 0 Å². The van der Waals surface area contributed by atoms with Gasteiger partial charge < -0.3 is 0 Å². The van der Waals surface area contributed by atoms with Crippen LogP contribution in [0.3, 0.4) is 0 Å². The van der Waals surface area contributed by atoms with E-state index in [-0.39, 0.29) is 0 Å². The summed E-state index contributed by atoms with van der Waals surface area (Å²) in [4.78, 5) is 0. The molecule has 0 aliphatic heterocycles. The smallest absolute Gasteiger partial charge is 0.0228 e. The van der Waals surface area contributed by atoms with E-state index < -0.39 is 0 Å². The van der Waals surface area contributed by atoms with Gasteiger partial charge in [-0.05, 0) is 73.6 Å². The third-order valence-electron chi connectivity index (χ3n) is 6.37. The Morgan fingerprint density at radius 1 is 0.367 bits per heavy atom. The van der Waals surface area contributed by atoms with Gasteiger partial charge in [0.1, 0.15) is 0 Å². The molecule has 3 rings (SSSR count). The first-order chi connectivity index (χ1) is 14.9. The van der Waals surface area contributed by atoms with Crippen LogP contribution in [0.25, 0.3) is 11.1 Å². The van der Waals surface area contributed by atoms with Gasteiger partial charge in [0.15, 0.2) is 0 Å². The van der Waals surface area contributed by atoms with Gasteiger partial charge in [0.05, 0.1) is 0 Å². The van der Waals surface area contributed by atoms with Crippen LogP contribution in [0.15, 0.2) is 72.8 Å². The fraction of sp³-hybridized carbons (Fsp3) is 0.467. The van der Waals surface area contributed by atoms with Crippen LogP contribution >= 0.6 is 0 Å². The lowest BCUT2D eigenvalue weighted by Crippen LogP contribution is -1.89. The first kappa shape index (κ1) is 22.6. The average molecular weight is 401 g/mol. The normalized spacial score (nSPS) is 22.0. The summed E-state index contributed by atoms with van der Waals surface area (Å²) < 4.78 is 0. The molecule has 0 N–H and O–H groups in total. The molecule has 0 bridgehead atoms. The maximum Gasteiger partial charge on any atom is -0.0228 e. The highest BCUT2D eigenvalue weighted by atomic mass is 14.1. The van der Waals surface area contributed by atoms with Crippen molar-refractivity contribution in [2.75, 3.05) is 0 Å². The molecule has 1 aliphatic carbocycles. The molecule has 0 spiro atoms. The summed E-state index contributed by atoms with van der Waals surface area (Å²) in [6.45, 7) is 0. The van der Waals surface area contributed by atoms with E-state index in [1.54, 1.807) is 11.1 Å². The number of hydrogen-bond acceptors (Lipinski definition) is 0. The molecule has 0 saturated carbocycles. The number of hydrogen-bond donors (Lipinski definition) is 0. The van der Waals surface area contributed by atoms with Crippen molar-refractivity contribution in [3.8, 4) is 0 Å². The van der Waals surface area contributed by atoms with Crippen LogP contribution < -0.4 is 0 Å². The molecule has 0 unspecified atom stereocenters. The average Bonchev–Trinajstić information content (AvgIpc) is 2.80. The molecule has 0 atom stereocenters. The molecule has 0 heteroatoms. The predicted octanol–water partition coefficient (Wildman–Crippen LogP) is 9.63. The van der Waals surface area contributed by atoms with Crippen LogP contribution in [-0.4, -0.2) is 0 Å². The van der Waals surface area contributed by atoms with Crippen molar-refractivity contribution < 1.29 is 0 Å². The lowest BCUT2D eigenvalue weighted by molar-refractivity contribution is 0.616. The van der Waals surface area contributed by atoms with E-state index >= 15 is 0 Å². The SMILES string of the molecule is C1=C(/c2ccccc2)CCCCCCC/C=C(/c2ccccc2)CCCCCCC/1. The molecular formula is C30H40. The summed E-state index contributed by atoms with van der Waals surface area (Å²) in [7, 11) is 0. The zero-order valence-corrected chi connectivity index (χ0v) is 18.8. The summed E-state index contributed by atoms with van der Waals surface area (Å²) in [5.74, 6) is 0. The molecule has 30 heavy (non-hydrogen) atoms. The van der Waals surface area contributed by atoms with Gasteiger partial charge in [-0.1, -0.05) is 111 Å². The third-order valence-corrected chi connectivity index (χ3v) is 6.37. The van der Waals surface area contributed by atoms with Gasteiger partial charge in [-0.25, -0.2) is 0 Å². The van der Waals surface area contributed by atoms with Crippen molar-refractivity contribution in [3.63, 3.8) is 0 Å². The lowest BCUT2D eigenvalue weighted by Gasteiger charge is -2.10. The summed E-state index contributed by atoms with van der Waals surface area (Å²) in [5, 5.41) is 0. The molecule has 0 nitrogen and oxygen atoms in total. The molecule has 0 saturated heterocycles. The predicted molar refractivity (Wildman–Crippen MR) is 133 cm³/mol. The summed E-state index contributed by atoms with van der Waals surface area (Å²) in [5.41, 5.74) is 6.02. The highest BCUT2D eigenvalue weighted by Crippen LogP contribution is 2.25. The second-order valence-corrected chi connectivity index (χ2v) is 8.80. The van der Waals surface area contributed by atoms with Gasteiger partial charge >= 0.3 is 0 Å². The van der Waals surface area contributed by atoms with Gasteiger partial charge in [-0.2, -0.15) is 0 Å². The molecule has 2 aromatic rings. The van der Waals surface area contributed by atoms with Crippen LogP contribution in [0.4, 0.5) is 0 Å². The van der Waals surface area contributed by atoms with E-state index in [0.717, 1.165) is 0 Å². The Kier molecular flexibility index (Phi) is 10.6. The minimum absolute atomic E-state index is 1.24. The summed E-state index contributed by atoms with van der Waals surface area (Å²) >= 11 is 0. The Hall–Kier alpha value is -2.08. The maximum atomic E-state index is 2.54. The second kappa shape index (κ2) is 14.0. The van der Waals surface area contributed by atoms with E-state index in [4.69, 9.17) is 0 Å². The zero-order chi connectivity index (χ0) is 20.7. The number of benzene rings is 2. The van der Waals surface area contributed by atoms with Gasteiger partial charge in [0, 0.05) is 0 Å². The van der Waals surface area contributed by atoms with Crippen molar-refractivity contribution in [2.45, 2.75) is 89.9 Å². The highest BCUT2D eigenvalue weighted by molar-refractivity contribution is 5.66. The molecule has 1 aliphatic rings. The minimum atomic E-state index is 1.24. The standard InChI is InChI=1S/C30H40/c1-2-6-12-20-28(30-25-17-10-18-26-30)22-14-8-4-3-7-13-21-27(19-11-5-1)29-23-15-9-16-24-29/h9-10,15-19,22-26H,1-8,11-14,20-21H2/b27-19+,28-22+. The van der Waals surface area contributed by atoms with E-state index in [1.165, 1.54) is 101 Å². The first-order valence-electron chi connectivity index (χ1n) is 12.4. The van der Waals surface area contributed by atoms with Crippen molar-refractivity contribution in [1.29, 1.82) is 0 Å². The molecule has 2 aromatic carbocycles. The van der Waals surface area contributed by atoms with Gasteiger partial charge in [0.2, 0.25) is 0 Å². The fourth-order valence-corrected chi connectivity index (χ4v) is 4.57. The molecule has 0 amide bonds. The van der Waals surface area contributed by atoms with Crippen molar-refractivity contribution in [2.24, 2.45) is 0 Å². The quantitative estimate of drug-likeness (QED) is 0.470. The van der Waals surface area contributed by atoms with Gasteiger partial charge in [-0.15, -0.1) is 0 Å². The maximum absolute atomic E-state index is 2.54. The molecule has 0 fully saturated rings. The Balaban J connectivity index is 1.55. The van der Waals surface area contributed by atoms with E-state index in [2.05, 4.69) is 72.8 Å². The molecule has 160 valence electrons. The molecular weight excluding hydrogens is 360 g/mol. The fourth-order valence-electron chi connectivity index (χ4n) is 4.57. The van der Waals surface area contributed by atoms with E-state index in [9.17, 15) is 0 Å². The van der Waals surface area contributed by atoms with Crippen molar-refractivity contribution in [3.05, 3.63) is 83.9 Å². The minimum Gasteiger partial charge on any atom is -0.0807 e. The Labute approximate surface area is 185 Å². The third kappa shape index (κ3) is 8.34. The number of allylic oxidation sites excluding steroid dienone is 4. The lowest BCUT2D eigenvalue weighted by atomic mass is 9.95. The van der Waals surface area contributed by atoms with E-state index in [0.29, 0.717) is 0 Å². The molecule has 0 aromatic heterocycles. The Morgan fingerprint density at radius 2 is 0.733 bits per heavy atom. The van der Waals surface area contributed by atoms with Gasteiger partial charge in [-0.3, -0.25) is 0 Å². The topological polar surface area (TPSA) is 0 Å². The summed E-state index contributed by atoms with van der Waals surface area (Å²) in [6, 6.07) is 22.1. The van der Waals surface area contributed by atoms with Crippen molar-refractivity contribution in [1.82, 2.24) is 0 Å². The van der Waals surface area contributed by atoms with Gasteiger partial charge in [0.25, 0.3) is 0 Å². The Bertz CT molecular complexity index is 684. The first-order valence-corrected chi connectivity index (χ1v) is 12.4. The van der Waals surface area contributed by atoms with Crippen LogP contribution in [0.5, 0.6) is 0 Å². The van der Waals surface area contributed by atoms with E-state index in [1.807, 2.05) is 0 Å². The Morgan fingerprint density at radius 3 is 1.17 bits per heavy atom. The monoisotopic (exact) mass is 400 g/mol. The van der Waals surface area contributed by atoms with Crippen LogP contribution in [0.2, 0.25) is 0 Å². The van der Waals surface area contributed by atoms with Crippen molar-refractivity contribution >= 4 is 11.1 Å². The second-order valence-electron chi connectivity index (χ2n) is 8.80. The number of rotatable bonds is 2. The summed E-state index contributed by atoms with van der Waals surface area (Å²) in [6.07, 6.45) is 23.5. The van der Waals surface area contributed by atoms with Crippen LogP contribution in [0, 0.1) is 0 Å². The zero-order valence-electron chi connectivity index (χ0n) is 18.8.